The van der Waals surface area contributed by atoms with E-state index in [9.17, 15) is 4.79 Å². The number of carbonyl (C=O) groups is 1. The van der Waals surface area contributed by atoms with Gasteiger partial charge in [-0.1, -0.05) is 42.2 Å². The molecule has 0 aliphatic rings. The van der Waals surface area contributed by atoms with E-state index in [1.807, 2.05) is 56.3 Å². The first-order chi connectivity index (χ1) is 15.5. The lowest BCUT2D eigenvalue weighted by Gasteiger charge is -2.10. The zero-order valence-corrected chi connectivity index (χ0v) is 19.1. The van der Waals surface area contributed by atoms with Crippen LogP contribution in [0.5, 0.6) is 11.5 Å². The summed E-state index contributed by atoms with van der Waals surface area (Å²) in [4.78, 5) is 11.8. The van der Waals surface area contributed by atoms with Gasteiger partial charge in [0.1, 0.15) is 11.5 Å². The van der Waals surface area contributed by atoms with Crippen molar-refractivity contribution in [3.8, 4) is 23.3 Å². The van der Waals surface area contributed by atoms with Crippen LogP contribution in [-0.4, -0.2) is 24.3 Å². The van der Waals surface area contributed by atoms with Crippen molar-refractivity contribution in [2.24, 2.45) is 0 Å². The number of carboxylic acid groups (broad SMARTS) is 1. The fourth-order valence-electron chi connectivity index (χ4n) is 3.09. The maximum atomic E-state index is 10.7. The van der Waals surface area contributed by atoms with Gasteiger partial charge in [-0.2, -0.15) is 0 Å². The smallest absolute Gasteiger partial charge is 0.341 e. The van der Waals surface area contributed by atoms with Crippen LogP contribution < -0.4 is 9.47 Å². The van der Waals surface area contributed by atoms with E-state index < -0.39 is 5.97 Å². The molecule has 32 heavy (non-hydrogen) atoms. The first kappa shape index (κ1) is 23.3. The Hall–Kier alpha value is -3.36. The Bertz CT molecular complexity index is 1110. The predicted molar refractivity (Wildman–Crippen MR) is 129 cm³/mol. The fourth-order valence-corrected chi connectivity index (χ4v) is 4.01. The average molecular weight is 447 g/mol. The summed E-state index contributed by atoms with van der Waals surface area (Å²) in [7, 11) is 0. The highest BCUT2D eigenvalue weighted by atomic mass is 32.2. The molecule has 0 radical (unpaired) electrons. The van der Waals surface area contributed by atoms with Crippen LogP contribution in [-0.2, 0) is 17.0 Å². The second-order valence-corrected chi connectivity index (χ2v) is 8.21. The Kier molecular flexibility index (Phi) is 8.65. The lowest BCUT2D eigenvalue weighted by Crippen LogP contribution is -2.09. The standard InChI is InChI=1S/C27H26O4S/c1-3-30-24-16-22(11-7-10-21-8-5-4-6-9-21)15-23(17-24)19-32-25-12-13-26(20(2)14-25)31-18-27(28)29/h4-6,8-9,12-17H,3,10,18-19H2,1-2H3,(H,28,29). The van der Waals surface area contributed by atoms with Gasteiger partial charge in [-0.15, -0.1) is 11.8 Å². The number of carboxylic acids is 1. The molecule has 0 heterocycles. The lowest BCUT2D eigenvalue weighted by atomic mass is 10.1. The normalized spacial score (nSPS) is 10.2. The molecule has 5 heteroatoms. The predicted octanol–water partition coefficient (Wildman–Crippen LogP) is 5.74. The Morgan fingerprint density at radius 3 is 2.53 bits per heavy atom. The number of rotatable bonds is 9. The van der Waals surface area contributed by atoms with Crippen LogP contribution in [0, 0.1) is 18.8 Å². The van der Waals surface area contributed by atoms with Crippen LogP contribution in [0.2, 0.25) is 0 Å². The Labute approximate surface area is 193 Å². The molecule has 3 aromatic carbocycles. The van der Waals surface area contributed by atoms with Crippen LogP contribution in [0.15, 0.2) is 71.6 Å². The lowest BCUT2D eigenvalue weighted by molar-refractivity contribution is -0.139. The highest BCUT2D eigenvalue weighted by molar-refractivity contribution is 7.98. The van der Waals surface area contributed by atoms with Crippen molar-refractivity contribution in [1.82, 2.24) is 0 Å². The van der Waals surface area contributed by atoms with Gasteiger partial charge < -0.3 is 14.6 Å². The number of ether oxygens (including phenoxy) is 2. The minimum Gasteiger partial charge on any atom is -0.494 e. The monoisotopic (exact) mass is 446 g/mol. The zero-order valence-electron chi connectivity index (χ0n) is 18.3. The number of thioether (sulfide) groups is 1. The van der Waals surface area contributed by atoms with Gasteiger partial charge in [-0.3, -0.25) is 0 Å². The molecule has 0 amide bonds. The van der Waals surface area contributed by atoms with Crippen LogP contribution in [0.1, 0.15) is 29.2 Å². The van der Waals surface area contributed by atoms with Gasteiger partial charge in [-0.25, -0.2) is 4.79 Å². The van der Waals surface area contributed by atoms with Gasteiger partial charge in [-0.05, 0) is 66.9 Å². The van der Waals surface area contributed by atoms with Crippen LogP contribution in [0.25, 0.3) is 0 Å². The summed E-state index contributed by atoms with van der Waals surface area (Å²) < 4.78 is 11.0. The molecule has 0 spiro atoms. The van der Waals surface area contributed by atoms with E-state index in [2.05, 4.69) is 36.1 Å². The minimum absolute atomic E-state index is 0.342. The molecule has 0 bridgehead atoms. The second kappa shape index (κ2) is 11.9. The number of hydrogen-bond acceptors (Lipinski definition) is 4. The van der Waals surface area contributed by atoms with Gasteiger partial charge in [0.25, 0.3) is 0 Å². The summed E-state index contributed by atoms with van der Waals surface area (Å²) in [5, 5.41) is 8.78. The highest BCUT2D eigenvalue weighted by Crippen LogP contribution is 2.29. The average Bonchev–Trinajstić information content (AvgIpc) is 2.78. The summed E-state index contributed by atoms with van der Waals surface area (Å²) >= 11 is 1.70. The van der Waals surface area contributed by atoms with Crippen molar-refractivity contribution in [2.75, 3.05) is 13.2 Å². The van der Waals surface area contributed by atoms with Crippen molar-refractivity contribution in [2.45, 2.75) is 30.9 Å². The molecular weight excluding hydrogens is 420 g/mol. The molecule has 3 aromatic rings. The molecule has 0 saturated carbocycles. The van der Waals surface area contributed by atoms with E-state index in [0.717, 1.165) is 33.1 Å². The second-order valence-electron chi connectivity index (χ2n) is 7.16. The van der Waals surface area contributed by atoms with Crippen molar-refractivity contribution in [3.63, 3.8) is 0 Å². The van der Waals surface area contributed by atoms with E-state index in [1.54, 1.807) is 11.8 Å². The molecule has 0 aliphatic carbocycles. The Morgan fingerprint density at radius 2 is 1.81 bits per heavy atom. The summed E-state index contributed by atoms with van der Waals surface area (Å²) in [6.07, 6.45) is 0.708. The zero-order chi connectivity index (χ0) is 22.8. The molecule has 0 fully saturated rings. The minimum atomic E-state index is -0.986. The van der Waals surface area contributed by atoms with Crippen molar-refractivity contribution >= 4 is 17.7 Å². The number of aliphatic carboxylic acids is 1. The van der Waals surface area contributed by atoms with Crippen molar-refractivity contribution in [1.29, 1.82) is 0 Å². The van der Waals surface area contributed by atoms with Crippen LogP contribution in [0.4, 0.5) is 0 Å². The fraction of sp³-hybridized carbons (Fsp3) is 0.222. The van der Waals surface area contributed by atoms with E-state index >= 15 is 0 Å². The molecule has 4 nitrogen and oxygen atoms in total. The molecule has 0 aromatic heterocycles. The molecule has 164 valence electrons. The molecule has 3 rings (SSSR count). The van der Waals surface area contributed by atoms with Gasteiger partial charge in [0.15, 0.2) is 6.61 Å². The molecule has 1 N–H and O–H groups in total. The largest absolute Gasteiger partial charge is 0.494 e. The van der Waals surface area contributed by atoms with Gasteiger partial charge in [0.2, 0.25) is 0 Å². The quantitative estimate of drug-likeness (QED) is 0.335. The molecule has 0 atom stereocenters. The number of benzene rings is 3. The summed E-state index contributed by atoms with van der Waals surface area (Å²) in [5.74, 6) is 7.71. The van der Waals surface area contributed by atoms with Crippen molar-refractivity contribution < 1.29 is 19.4 Å². The molecular formula is C27H26O4S. The van der Waals surface area contributed by atoms with E-state index in [0.29, 0.717) is 18.8 Å². The Balaban J connectivity index is 1.69. The third-order valence-electron chi connectivity index (χ3n) is 4.55. The van der Waals surface area contributed by atoms with Gasteiger partial charge in [0.05, 0.1) is 6.61 Å². The number of hydrogen-bond donors (Lipinski definition) is 1. The van der Waals surface area contributed by atoms with Crippen LogP contribution >= 0.6 is 11.8 Å². The molecule has 0 saturated heterocycles. The van der Waals surface area contributed by atoms with E-state index in [4.69, 9.17) is 14.6 Å². The highest BCUT2D eigenvalue weighted by Gasteiger charge is 2.06. The Morgan fingerprint density at radius 1 is 1.00 bits per heavy atom. The summed E-state index contributed by atoms with van der Waals surface area (Å²) in [5.41, 5.74) is 4.18. The third-order valence-corrected chi connectivity index (χ3v) is 5.61. The topological polar surface area (TPSA) is 55.8 Å². The van der Waals surface area contributed by atoms with Gasteiger partial charge >= 0.3 is 5.97 Å². The first-order valence-corrected chi connectivity index (χ1v) is 11.4. The SMILES string of the molecule is CCOc1cc(C#CCc2ccccc2)cc(CSc2ccc(OCC(=O)O)c(C)c2)c1. The third kappa shape index (κ3) is 7.40. The van der Waals surface area contributed by atoms with Gasteiger partial charge in [0, 0.05) is 22.6 Å². The first-order valence-electron chi connectivity index (χ1n) is 10.4. The maximum absolute atomic E-state index is 10.7. The van der Waals surface area contributed by atoms with Crippen molar-refractivity contribution in [3.05, 3.63) is 89.0 Å². The molecule has 0 unspecified atom stereocenters. The maximum Gasteiger partial charge on any atom is 0.341 e. The number of aryl methyl sites for hydroxylation is 1. The van der Waals surface area contributed by atoms with Crippen LogP contribution in [0.3, 0.4) is 0 Å². The van der Waals surface area contributed by atoms with E-state index in [-0.39, 0.29) is 6.61 Å². The summed E-state index contributed by atoms with van der Waals surface area (Å²) in [6, 6.07) is 22.1. The van der Waals surface area contributed by atoms with E-state index in [1.165, 1.54) is 5.56 Å². The summed E-state index contributed by atoms with van der Waals surface area (Å²) in [6.45, 7) is 4.15. The molecule has 0 aliphatic heterocycles.